The minimum Gasteiger partial charge on any atom is -0.332 e. The molecule has 0 aliphatic carbocycles. The van der Waals surface area contributed by atoms with Crippen LogP contribution >= 0.6 is 12.4 Å². The van der Waals surface area contributed by atoms with E-state index in [1.165, 1.54) is 36.6 Å². The van der Waals surface area contributed by atoms with Crippen LogP contribution in [0.3, 0.4) is 0 Å². The lowest BCUT2D eigenvalue weighted by molar-refractivity contribution is 0.726. The molecule has 1 aromatic heterocycles. The highest BCUT2D eigenvalue weighted by molar-refractivity contribution is 5.85. The van der Waals surface area contributed by atoms with Crippen molar-refractivity contribution in [3.8, 4) is 0 Å². The maximum absolute atomic E-state index is 4.45. The van der Waals surface area contributed by atoms with E-state index in [4.69, 9.17) is 0 Å². The summed E-state index contributed by atoms with van der Waals surface area (Å²) in [6.45, 7) is 5.42. The third kappa shape index (κ3) is 1.16. The van der Waals surface area contributed by atoms with E-state index in [9.17, 15) is 0 Å². The Hall–Kier alpha value is -0.500. The number of fused-ring (bicyclic) bond motifs is 1. The van der Waals surface area contributed by atoms with Gasteiger partial charge in [0, 0.05) is 18.7 Å². The van der Waals surface area contributed by atoms with Gasteiger partial charge in [-0.05, 0) is 20.3 Å². The Labute approximate surface area is 73.0 Å². The predicted octanol–water partition coefficient (Wildman–Crippen LogP) is 1.87. The first-order chi connectivity index (χ1) is 4.79. The molecule has 1 aliphatic heterocycles. The molecule has 0 unspecified atom stereocenters. The molecule has 1 aliphatic rings. The first-order valence-corrected chi connectivity index (χ1v) is 3.81. The molecule has 0 spiro atoms. The summed E-state index contributed by atoms with van der Waals surface area (Å²) < 4.78 is 2.33. The molecule has 0 saturated carbocycles. The van der Waals surface area contributed by atoms with E-state index < -0.39 is 0 Å². The second kappa shape index (κ2) is 2.86. The SMILES string of the molecule is Cc1nc2n(c1C)CCC2.Cl. The minimum atomic E-state index is 0. The molecule has 0 N–H and O–H groups in total. The Kier molecular flexibility index (Phi) is 2.23. The van der Waals surface area contributed by atoms with Gasteiger partial charge in [-0.25, -0.2) is 4.98 Å². The third-order valence-corrected chi connectivity index (χ3v) is 2.32. The average molecular weight is 173 g/mol. The van der Waals surface area contributed by atoms with E-state index in [-0.39, 0.29) is 12.4 Å². The van der Waals surface area contributed by atoms with Crippen LogP contribution in [0.4, 0.5) is 0 Å². The predicted molar refractivity (Wildman–Crippen MR) is 47.3 cm³/mol. The van der Waals surface area contributed by atoms with E-state index in [1.807, 2.05) is 0 Å². The highest BCUT2D eigenvalue weighted by atomic mass is 35.5. The number of hydrogen-bond donors (Lipinski definition) is 0. The summed E-state index contributed by atoms with van der Waals surface area (Å²) in [6.07, 6.45) is 2.46. The maximum Gasteiger partial charge on any atom is 0.109 e. The number of hydrogen-bond acceptors (Lipinski definition) is 1. The van der Waals surface area contributed by atoms with Crippen LogP contribution in [0.1, 0.15) is 23.6 Å². The molecule has 2 heterocycles. The van der Waals surface area contributed by atoms with Gasteiger partial charge in [-0.15, -0.1) is 12.4 Å². The van der Waals surface area contributed by atoms with Crippen LogP contribution in [-0.4, -0.2) is 9.55 Å². The standard InChI is InChI=1S/C8H12N2.ClH/c1-6-7(2)10-5-3-4-8(10)9-6;/h3-5H2,1-2H3;1H. The third-order valence-electron chi connectivity index (χ3n) is 2.32. The average Bonchev–Trinajstić information content (AvgIpc) is 2.41. The zero-order valence-corrected chi connectivity index (χ0v) is 7.74. The van der Waals surface area contributed by atoms with Crippen molar-refractivity contribution in [2.75, 3.05) is 0 Å². The molecule has 0 amide bonds. The molecule has 3 heteroatoms. The smallest absolute Gasteiger partial charge is 0.109 e. The van der Waals surface area contributed by atoms with Gasteiger partial charge < -0.3 is 4.57 Å². The van der Waals surface area contributed by atoms with Crippen molar-refractivity contribution in [3.05, 3.63) is 17.2 Å². The van der Waals surface area contributed by atoms with E-state index >= 15 is 0 Å². The van der Waals surface area contributed by atoms with Gasteiger partial charge in [0.15, 0.2) is 0 Å². The Morgan fingerprint density at radius 3 is 2.73 bits per heavy atom. The number of halogens is 1. The molecular weight excluding hydrogens is 160 g/mol. The molecule has 11 heavy (non-hydrogen) atoms. The summed E-state index contributed by atoms with van der Waals surface area (Å²) in [4.78, 5) is 4.45. The molecule has 0 atom stereocenters. The highest BCUT2D eigenvalue weighted by Gasteiger charge is 2.15. The quantitative estimate of drug-likeness (QED) is 0.584. The Morgan fingerprint density at radius 1 is 1.36 bits per heavy atom. The van der Waals surface area contributed by atoms with Crippen LogP contribution in [0.2, 0.25) is 0 Å². The van der Waals surface area contributed by atoms with E-state index in [2.05, 4.69) is 23.4 Å². The second-order valence-electron chi connectivity index (χ2n) is 2.95. The second-order valence-corrected chi connectivity index (χ2v) is 2.95. The number of aromatic nitrogens is 2. The van der Waals surface area contributed by atoms with Crippen molar-refractivity contribution >= 4 is 12.4 Å². The van der Waals surface area contributed by atoms with Gasteiger partial charge in [0.05, 0.1) is 5.69 Å². The summed E-state index contributed by atoms with van der Waals surface area (Å²) in [7, 11) is 0. The lowest BCUT2D eigenvalue weighted by atomic mass is 10.3. The van der Waals surface area contributed by atoms with E-state index in [0.717, 1.165) is 0 Å². The zero-order chi connectivity index (χ0) is 7.14. The van der Waals surface area contributed by atoms with Gasteiger partial charge in [0.1, 0.15) is 5.82 Å². The molecule has 0 fully saturated rings. The summed E-state index contributed by atoms with van der Waals surface area (Å²) in [6, 6.07) is 0. The van der Waals surface area contributed by atoms with Gasteiger partial charge in [-0.1, -0.05) is 0 Å². The van der Waals surface area contributed by atoms with Crippen molar-refractivity contribution in [3.63, 3.8) is 0 Å². The van der Waals surface area contributed by atoms with Gasteiger partial charge in [0.2, 0.25) is 0 Å². The summed E-state index contributed by atoms with van der Waals surface area (Å²) in [5, 5.41) is 0. The lowest BCUT2D eigenvalue weighted by Gasteiger charge is -1.97. The molecule has 2 rings (SSSR count). The number of imidazole rings is 1. The fraction of sp³-hybridized carbons (Fsp3) is 0.625. The summed E-state index contributed by atoms with van der Waals surface area (Å²) >= 11 is 0. The van der Waals surface area contributed by atoms with Crippen LogP contribution in [0.5, 0.6) is 0 Å². The largest absolute Gasteiger partial charge is 0.332 e. The van der Waals surface area contributed by atoms with Crippen molar-refractivity contribution in [1.82, 2.24) is 9.55 Å². The van der Waals surface area contributed by atoms with E-state index in [1.54, 1.807) is 0 Å². The molecule has 0 bridgehead atoms. The van der Waals surface area contributed by atoms with Gasteiger partial charge >= 0.3 is 0 Å². The fourth-order valence-corrected chi connectivity index (χ4v) is 1.61. The molecule has 0 saturated heterocycles. The van der Waals surface area contributed by atoms with Crippen LogP contribution in [0, 0.1) is 13.8 Å². The molecule has 2 nitrogen and oxygen atoms in total. The highest BCUT2D eigenvalue weighted by Crippen LogP contribution is 2.17. The Balaban J connectivity index is 0.000000605. The van der Waals surface area contributed by atoms with Gasteiger partial charge in [-0.3, -0.25) is 0 Å². The molecule has 1 aromatic rings. The topological polar surface area (TPSA) is 17.8 Å². The first kappa shape index (κ1) is 8.60. The van der Waals surface area contributed by atoms with Crippen molar-refractivity contribution in [2.45, 2.75) is 33.2 Å². The number of nitrogens with zero attached hydrogens (tertiary/aromatic N) is 2. The molecule has 62 valence electrons. The molecule has 0 radical (unpaired) electrons. The maximum atomic E-state index is 4.45. The van der Waals surface area contributed by atoms with Crippen LogP contribution < -0.4 is 0 Å². The van der Waals surface area contributed by atoms with Gasteiger partial charge in [-0.2, -0.15) is 0 Å². The van der Waals surface area contributed by atoms with Crippen LogP contribution in [0.25, 0.3) is 0 Å². The summed E-state index contributed by atoms with van der Waals surface area (Å²) in [5.74, 6) is 1.29. The number of rotatable bonds is 0. The van der Waals surface area contributed by atoms with E-state index in [0.29, 0.717) is 0 Å². The van der Waals surface area contributed by atoms with Crippen molar-refractivity contribution < 1.29 is 0 Å². The molecule has 0 aromatic carbocycles. The zero-order valence-electron chi connectivity index (χ0n) is 6.92. The Bertz CT molecular complexity index is 265. The normalized spacial score (nSPS) is 14.4. The summed E-state index contributed by atoms with van der Waals surface area (Å²) in [5.41, 5.74) is 2.56. The van der Waals surface area contributed by atoms with Gasteiger partial charge in [0.25, 0.3) is 0 Å². The first-order valence-electron chi connectivity index (χ1n) is 3.81. The van der Waals surface area contributed by atoms with Crippen molar-refractivity contribution in [1.29, 1.82) is 0 Å². The number of aryl methyl sites for hydroxylation is 2. The monoisotopic (exact) mass is 172 g/mol. The molecular formula is C8H13ClN2. The van der Waals surface area contributed by atoms with Crippen LogP contribution in [-0.2, 0) is 13.0 Å². The van der Waals surface area contributed by atoms with Crippen LogP contribution in [0.15, 0.2) is 0 Å². The lowest BCUT2D eigenvalue weighted by Crippen LogP contribution is -1.94. The minimum absolute atomic E-state index is 0. The Morgan fingerprint density at radius 2 is 2.09 bits per heavy atom. The fourth-order valence-electron chi connectivity index (χ4n) is 1.61. The van der Waals surface area contributed by atoms with Crippen molar-refractivity contribution in [2.24, 2.45) is 0 Å².